The molecule has 6 heteroatoms. The average Bonchev–Trinajstić information content (AvgIpc) is 2.55. The number of carbonyl (C=O) groups is 2. The van der Waals surface area contributed by atoms with Gasteiger partial charge in [-0.25, -0.2) is 4.39 Å². The second-order valence-electron chi connectivity index (χ2n) is 4.91. The summed E-state index contributed by atoms with van der Waals surface area (Å²) in [7, 11) is 0. The number of benzene rings is 2. The number of carbonyl (C=O) groups excluding carboxylic acids is 2. The fourth-order valence-electron chi connectivity index (χ4n) is 1.82. The summed E-state index contributed by atoms with van der Waals surface area (Å²) in [5.74, 6) is -0.998. The minimum absolute atomic E-state index is 0.0702. The Kier molecular flexibility index (Phi) is 6.17. The van der Waals surface area contributed by atoms with E-state index in [1.807, 2.05) is 30.3 Å². The predicted octanol–water partition coefficient (Wildman–Crippen LogP) is 2.70. The minimum Gasteiger partial charge on any atom is -0.273 e. The first-order valence-corrected chi connectivity index (χ1v) is 7.97. The van der Waals surface area contributed by atoms with Crippen LogP contribution in [0.15, 0.2) is 59.5 Å². The van der Waals surface area contributed by atoms with Gasteiger partial charge in [0.25, 0.3) is 5.91 Å². The molecule has 4 nitrogen and oxygen atoms in total. The number of rotatable bonds is 5. The quantitative estimate of drug-likeness (QED) is 0.654. The number of halogens is 1. The van der Waals surface area contributed by atoms with Crippen molar-refractivity contribution in [1.29, 1.82) is 0 Å². The van der Waals surface area contributed by atoms with Crippen LogP contribution in [0.3, 0.4) is 0 Å². The lowest BCUT2D eigenvalue weighted by atomic mass is 10.1. The van der Waals surface area contributed by atoms with Crippen LogP contribution in [0, 0.1) is 5.82 Å². The van der Waals surface area contributed by atoms with E-state index in [4.69, 9.17) is 0 Å². The molecule has 0 fully saturated rings. The van der Waals surface area contributed by atoms with Gasteiger partial charge in [-0.1, -0.05) is 30.3 Å². The van der Waals surface area contributed by atoms with Gasteiger partial charge < -0.3 is 0 Å². The highest BCUT2D eigenvalue weighted by Crippen LogP contribution is 2.22. The van der Waals surface area contributed by atoms with Crippen molar-refractivity contribution in [2.24, 2.45) is 0 Å². The van der Waals surface area contributed by atoms with Crippen molar-refractivity contribution in [2.75, 3.05) is 0 Å². The van der Waals surface area contributed by atoms with Crippen LogP contribution in [0.1, 0.15) is 12.5 Å². The maximum absolute atomic E-state index is 12.8. The molecule has 0 radical (unpaired) electrons. The third kappa shape index (κ3) is 5.75. The zero-order valence-electron chi connectivity index (χ0n) is 12.6. The first kappa shape index (κ1) is 17.0. The highest BCUT2D eigenvalue weighted by Gasteiger charge is 2.15. The lowest BCUT2D eigenvalue weighted by Gasteiger charge is -2.12. The third-order valence-electron chi connectivity index (χ3n) is 3.03. The molecule has 0 aliphatic heterocycles. The van der Waals surface area contributed by atoms with Crippen LogP contribution in [0.25, 0.3) is 0 Å². The lowest BCUT2D eigenvalue weighted by molar-refractivity contribution is -0.128. The molecule has 120 valence electrons. The van der Waals surface area contributed by atoms with Gasteiger partial charge in [-0.05, 0) is 36.8 Å². The van der Waals surface area contributed by atoms with Crippen LogP contribution in [0.5, 0.6) is 0 Å². The van der Waals surface area contributed by atoms with E-state index >= 15 is 0 Å². The largest absolute Gasteiger partial charge is 0.273 e. The number of amides is 2. The van der Waals surface area contributed by atoms with Crippen molar-refractivity contribution in [3.63, 3.8) is 0 Å². The van der Waals surface area contributed by atoms with Gasteiger partial charge in [-0.2, -0.15) is 0 Å². The zero-order chi connectivity index (χ0) is 16.7. The standard InChI is InChI=1S/C17H17FN2O2S/c1-12(23-15-5-3-2-4-6-15)17(22)20-19-16(21)11-13-7-9-14(18)10-8-13/h2-10,12H,11H2,1H3,(H,19,21)(H,20,22). The van der Waals surface area contributed by atoms with Gasteiger partial charge in [-0.3, -0.25) is 20.4 Å². The van der Waals surface area contributed by atoms with E-state index in [2.05, 4.69) is 10.9 Å². The molecule has 1 atom stereocenters. The molecule has 0 heterocycles. The van der Waals surface area contributed by atoms with E-state index in [9.17, 15) is 14.0 Å². The van der Waals surface area contributed by atoms with E-state index in [1.54, 1.807) is 6.92 Å². The van der Waals surface area contributed by atoms with Gasteiger partial charge in [-0.15, -0.1) is 11.8 Å². The smallest absolute Gasteiger partial charge is 0.251 e. The molecule has 2 amide bonds. The number of hydrazine groups is 1. The predicted molar refractivity (Wildman–Crippen MR) is 88.2 cm³/mol. The first-order chi connectivity index (χ1) is 11.0. The summed E-state index contributed by atoms with van der Waals surface area (Å²) in [6.45, 7) is 1.76. The van der Waals surface area contributed by atoms with E-state index < -0.39 is 0 Å². The SMILES string of the molecule is CC(Sc1ccccc1)C(=O)NNC(=O)Cc1ccc(F)cc1. The van der Waals surface area contributed by atoms with Gasteiger partial charge in [0.15, 0.2) is 0 Å². The molecule has 23 heavy (non-hydrogen) atoms. The molecular formula is C17H17FN2O2S. The van der Waals surface area contributed by atoms with Crippen LogP contribution >= 0.6 is 11.8 Å². The van der Waals surface area contributed by atoms with Crippen molar-refractivity contribution in [3.8, 4) is 0 Å². The van der Waals surface area contributed by atoms with E-state index in [1.165, 1.54) is 36.0 Å². The monoisotopic (exact) mass is 332 g/mol. The van der Waals surface area contributed by atoms with Gasteiger partial charge >= 0.3 is 0 Å². The fraction of sp³-hybridized carbons (Fsp3) is 0.176. The van der Waals surface area contributed by atoms with Gasteiger partial charge in [0.05, 0.1) is 11.7 Å². The Morgan fingerprint density at radius 3 is 2.35 bits per heavy atom. The van der Waals surface area contributed by atoms with E-state index in [0.29, 0.717) is 5.56 Å². The molecule has 0 bridgehead atoms. The Labute approximate surface area is 138 Å². The molecule has 2 rings (SSSR count). The maximum Gasteiger partial charge on any atom is 0.251 e. The van der Waals surface area contributed by atoms with E-state index in [-0.39, 0.29) is 29.3 Å². The van der Waals surface area contributed by atoms with Crippen LogP contribution in [-0.2, 0) is 16.0 Å². The fourth-order valence-corrected chi connectivity index (χ4v) is 2.71. The highest BCUT2D eigenvalue weighted by molar-refractivity contribution is 8.00. The molecule has 0 spiro atoms. The topological polar surface area (TPSA) is 58.2 Å². The second kappa shape index (κ2) is 8.33. The maximum atomic E-state index is 12.8. The molecule has 0 aromatic heterocycles. The second-order valence-corrected chi connectivity index (χ2v) is 6.33. The summed E-state index contributed by atoms with van der Waals surface area (Å²) in [6.07, 6.45) is 0.0702. The van der Waals surface area contributed by atoms with Crippen LogP contribution < -0.4 is 10.9 Å². The lowest BCUT2D eigenvalue weighted by Crippen LogP contribution is -2.45. The number of thioether (sulfide) groups is 1. The van der Waals surface area contributed by atoms with Crippen molar-refractivity contribution in [1.82, 2.24) is 10.9 Å². The van der Waals surface area contributed by atoms with Crippen molar-refractivity contribution >= 4 is 23.6 Å². The summed E-state index contributed by atoms with van der Waals surface area (Å²) in [5.41, 5.74) is 5.44. The Morgan fingerprint density at radius 2 is 1.70 bits per heavy atom. The Balaban J connectivity index is 1.76. The van der Waals surface area contributed by atoms with E-state index in [0.717, 1.165) is 4.90 Å². The molecule has 2 N–H and O–H groups in total. The number of hydrogen-bond donors (Lipinski definition) is 2. The summed E-state index contributed by atoms with van der Waals surface area (Å²) >= 11 is 1.40. The molecule has 0 aliphatic carbocycles. The molecule has 0 saturated heterocycles. The van der Waals surface area contributed by atoms with Crippen LogP contribution in [0.2, 0.25) is 0 Å². The molecule has 2 aromatic rings. The minimum atomic E-state index is -0.359. The van der Waals surface area contributed by atoms with Crippen LogP contribution in [0.4, 0.5) is 4.39 Å². The first-order valence-electron chi connectivity index (χ1n) is 7.09. The number of hydrogen-bond acceptors (Lipinski definition) is 3. The summed E-state index contributed by atoms with van der Waals surface area (Å²) in [6, 6.07) is 15.2. The Hall–Kier alpha value is -2.34. The van der Waals surface area contributed by atoms with Crippen LogP contribution in [-0.4, -0.2) is 17.1 Å². The normalized spacial score (nSPS) is 11.6. The summed E-state index contributed by atoms with van der Waals surface area (Å²) in [5, 5.41) is -0.344. The molecule has 1 unspecified atom stereocenters. The summed E-state index contributed by atoms with van der Waals surface area (Å²) < 4.78 is 12.8. The summed E-state index contributed by atoms with van der Waals surface area (Å²) in [4.78, 5) is 24.7. The third-order valence-corrected chi connectivity index (χ3v) is 4.14. The van der Waals surface area contributed by atoms with Crippen molar-refractivity contribution in [3.05, 3.63) is 66.0 Å². The van der Waals surface area contributed by atoms with Gasteiger partial charge in [0, 0.05) is 4.90 Å². The highest BCUT2D eigenvalue weighted by atomic mass is 32.2. The Morgan fingerprint density at radius 1 is 1.04 bits per heavy atom. The van der Waals surface area contributed by atoms with Gasteiger partial charge in [0.2, 0.25) is 5.91 Å². The molecular weight excluding hydrogens is 315 g/mol. The molecule has 0 aliphatic rings. The van der Waals surface area contributed by atoms with Crippen molar-refractivity contribution in [2.45, 2.75) is 23.5 Å². The average molecular weight is 332 g/mol. The van der Waals surface area contributed by atoms with Gasteiger partial charge in [0.1, 0.15) is 5.82 Å². The number of nitrogens with one attached hydrogen (secondary N) is 2. The zero-order valence-corrected chi connectivity index (χ0v) is 13.4. The molecule has 2 aromatic carbocycles. The van der Waals surface area contributed by atoms with Crippen molar-refractivity contribution < 1.29 is 14.0 Å². The molecule has 0 saturated carbocycles. The Bertz CT molecular complexity index is 662.